The summed E-state index contributed by atoms with van der Waals surface area (Å²) >= 11 is 0.285. The molecule has 0 saturated heterocycles. The van der Waals surface area contributed by atoms with Crippen LogP contribution in [-0.4, -0.2) is 13.5 Å². The Morgan fingerprint density at radius 2 is 1.93 bits per heavy atom. The Balaban J connectivity index is 2.92. The van der Waals surface area contributed by atoms with Crippen molar-refractivity contribution in [3.05, 3.63) is 35.9 Å². The van der Waals surface area contributed by atoms with Crippen LogP contribution in [0.5, 0.6) is 0 Å². The summed E-state index contributed by atoms with van der Waals surface area (Å²) in [5, 5.41) is 8.61. The SMILES string of the molecule is N#CSNS(=O)(=O)C(=O)c1ccccc1. The number of hydrogen-bond acceptors (Lipinski definition) is 5. The number of nitriles is 1. The van der Waals surface area contributed by atoms with E-state index in [4.69, 9.17) is 5.26 Å². The van der Waals surface area contributed by atoms with Crippen LogP contribution in [0.15, 0.2) is 30.3 Å². The summed E-state index contributed by atoms with van der Waals surface area (Å²) in [6, 6.07) is 7.55. The molecule has 0 unspecified atom stereocenters. The van der Waals surface area contributed by atoms with Gasteiger partial charge in [0.25, 0.3) is 15.1 Å². The number of hydrogen-bond donors (Lipinski definition) is 1. The predicted octanol–water partition coefficient (Wildman–Crippen LogP) is 0.875. The van der Waals surface area contributed by atoms with Crippen LogP contribution in [0.2, 0.25) is 0 Å². The van der Waals surface area contributed by atoms with E-state index in [2.05, 4.69) is 0 Å². The molecule has 0 heterocycles. The average molecular weight is 242 g/mol. The van der Waals surface area contributed by atoms with Crippen molar-refractivity contribution in [1.82, 2.24) is 4.13 Å². The van der Waals surface area contributed by atoms with Crippen LogP contribution in [0, 0.1) is 10.7 Å². The normalized spacial score (nSPS) is 10.6. The lowest BCUT2D eigenvalue weighted by atomic mass is 10.2. The van der Waals surface area contributed by atoms with Gasteiger partial charge in [-0.05, 0) is 0 Å². The smallest absolute Gasteiger partial charge is 0.274 e. The Labute approximate surface area is 91.3 Å². The molecule has 5 nitrogen and oxygen atoms in total. The monoisotopic (exact) mass is 242 g/mol. The summed E-state index contributed by atoms with van der Waals surface area (Å²) in [5.41, 5.74) is 0.0588. The average Bonchev–Trinajstić information content (AvgIpc) is 2.26. The Hall–Kier alpha value is -1.36. The van der Waals surface area contributed by atoms with Gasteiger partial charge in [-0.3, -0.25) is 4.79 Å². The van der Waals surface area contributed by atoms with Crippen molar-refractivity contribution in [2.24, 2.45) is 0 Å². The topological polar surface area (TPSA) is 87.0 Å². The Kier molecular flexibility index (Phi) is 3.85. The van der Waals surface area contributed by atoms with E-state index in [-0.39, 0.29) is 17.5 Å². The van der Waals surface area contributed by atoms with Gasteiger partial charge in [0.15, 0.2) is 5.40 Å². The number of thiocyanates is 1. The second kappa shape index (κ2) is 4.93. The Bertz CT molecular complexity index is 490. The van der Waals surface area contributed by atoms with Gasteiger partial charge < -0.3 is 0 Å². The molecule has 0 amide bonds. The number of nitrogens with zero attached hydrogens (tertiary/aromatic N) is 1. The zero-order chi connectivity index (χ0) is 11.3. The molecule has 7 heteroatoms. The molecule has 1 aromatic carbocycles. The molecule has 0 bridgehead atoms. The van der Waals surface area contributed by atoms with Gasteiger partial charge in [0.2, 0.25) is 0 Å². The number of carbonyl (C=O) groups excluding carboxylic acids is 1. The zero-order valence-corrected chi connectivity index (χ0v) is 9.01. The first-order chi connectivity index (χ1) is 7.08. The first-order valence-corrected chi connectivity index (χ1v) is 6.04. The number of sulfonamides is 1. The molecule has 0 spiro atoms. The summed E-state index contributed by atoms with van der Waals surface area (Å²) in [5.74, 6) is 0. The Morgan fingerprint density at radius 1 is 1.33 bits per heavy atom. The number of rotatable bonds is 3. The van der Waals surface area contributed by atoms with Crippen LogP contribution >= 0.6 is 11.9 Å². The molecule has 0 aliphatic rings. The highest BCUT2D eigenvalue weighted by atomic mass is 32.3. The third-order valence-electron chi connectivity index (χ3n) is 1.45. The third kappa shape index (κ3) is 3.06. The lowest BCUT2D eigenvalue weighted by Crippen LogP contribution is -2.25. The van der Waals surface area contributed by atoms with Gasteiger partial charge in [0.1, 0.15) is 0 Å². The first-order valence-electron chi connectivity index (χ1n) is 3.74. The van der Waals surface area contributed by atoms with Crippen LogP contribution in [0.4, 0.5) is 0 Å². The molecule has 0 aliphatic heterocycles. The molecule has 15 heavy (non-hydrogen) atoms. The maximum atomic E-state index is 11.4. The fourth-order valence-corrected chi connectivity index (χ4v) is 2.18. The molecular formula is C8H6N2O3S2. The van der Waals surface area contributed by atoms with Gasteiger partial charge in [0, 0.05) is 5.56 Å². The lowest BCUT2D eigenvalue weighted by Gasteiger charge is -2.00. The lowest BCUT2D eigenvalue weighted by molar-refractivity contribution is 0.107. The molecule has 1 N–H and O–H groups in total. The fourth-order valence-electron chi connectivity index (χ4n) is 0.841. The first kappa shape index (κ1) is 11.7. The molecule has 0 aromatic heterocycles. The number of carbonyl (C=O) groups is 1. The molecule has 1 aromatic rings. The minimum absolute atomic E-state index is 0.0588. The van der Waals surface area contributed by atoms with E-state index in [1.165, 1.54) is 17.5 Å². The largest absolute Gasteiger partial charge is 0.292 e. The van der Waals surface area contributed by atoms with Gasteiger partial charge in [-0.15, -0.1) is 4.13 Å². The Morgan fingerprint density at radius 3 is 2.47 bits per heavy atom. The molecule has 0 aliphatic carbocycles. The minimum atomic E-state index is -4.12. The van der Waals surface area contributed by atoms with Crippen LogP contribution in [-0.2, 0) is 10.0 Å². The molecule has 78 valence electrons. The highest BCUT2D eigenvalue weighted by molar-refractivity contribution is 8.17. The van der Waals surface area contributed by atoms with Crippen LogP contribution in [0.3, 0.4) is 0 Å². The van der Waals surface area contributed by atoms with Crippen molar-refractivity contribution in [3.63, 3.8) is 0 Å². The standard InChI is InChI=1S/C8H6N2O3S2/c9-6-14-10-15(12,13)8(11)7-4-2-1-3-5-7/h1-5,10H. The summed E-state index contributed by atoms with van der Waals surface area (Å²) in [7, 11) is -4.12. The quantitative estimate of drug-likeness (QED) is 0.628. The minimum Gasteiger partial charge on any atom is -0.274 e. The van der Waals surface area contributed by atoms with Crippen LogP contribution in [0.25, 0.3) is 0 Å². The van der Waals surface area contributed by atoms with Gasteiger partial charge in [-0.2, -0.15) is 5.26 Å². The zero-order valence-electron chi connectivity index (χ0n) is 7.38. The van der Waals surface area contributed by atoms with Crippen molar-refractivity contribution < 1.29 is 13.2 Å². The second-order valence-electron chi connectivity index (χ2n) is 2.43. The van der Waals surface area contributed by atoms with E-state index in [0.29, 0.717) is 0 Å². The second-order valence-corrected chi connectivity index (χ2v) is 4.86. The van der Waals surface area contributed by atoms with Crippen LogP contribution in [0.1, 0.15) is 10.4 Å². The van der Waals surface area contributed by atoms with Crippen molar-refractivity contribution in [2.75, 3.05) is 0 Å². The molecule has 0 atom stereocenters. The maximum absolute atomic E-state index is 11.4. The van der Waals surface area contributed by atoms with E-state index in [0.717, 1.165) is 0 Å². The van der Waals surface area contributed by atoms with Crippen LogP contribution < -0.4 is 4.13 Å². The van der Waals surface area contributed by atoms with E-state index in [1.54, 1.807) is 22.3 Å². The van der Waals surface area contributed by atoms with Gasteiger partial charge in [-0.25, -0.2) is 8.42 Å². The maximum Gasteiger partial charge on any atom is 0.292 e. The van der Waals surface area contributed by atoms with E-state index in [1.807, 2.05) is 0 Å². The molecule has 0 radical (unpaired) electrons. The molecule has 1 rings (SSSR count). The molecule has 0 fully saturated rings. The third-order valence-corrected chi connectivity index (χ3v) is 3.48. The molecule has 0 saturated carbocycles. The summed E-state index contributed by atoms with van der Waals surface area (Å²) in [6.45, 7) is 0. The number of nitrogens with one attached hydrogen (secondary N) is 1. The van der Waals surface area contributed by atoms with E-state index < -0.39 is 15.1 Å². The fraction of sp³-hybridized carbons (Fsp3) is 0. The van der Waals surface area contributed by atoms with Gasteiger partial charge >= 0.3 is 0 Å². The summed E-state index contributed by atoms with van der Waals surface area (Å²) < 4.78 is 24.3. The summed E-state index contributed by atoms with van der Waals surface area (Å²) in [6.07, 6.45) is 0. The summed E-state index contributed by atoms with van der Waals surface area (Å²) in [4.78, 5) is 11.4. The van der Waals surface area contributed by atoms with Crippen molar-refractivity contribution in [3.8, 4) is 5.40 Å². The van der Waals surface area contributed by atoms with Gasteiger partial charge in [-0.1, -0.05) is 30.3 Å². The number of benzene rings is 1. The highest BCUT2D eigenvalue weighted by Gasteiger charge is 2.23. The van der Waals surface area contributed by atoms with E-state index >= 15 is 0 Å². The van der Waals surface area contributed by atoms with Crippen molar-refractivity contribution >= 4 is 27.1 Å². The molecular weight excluding hydrogens is 236 g/mol. The highest BCUT2D eigenvalue weighted by Crippen LogP contribution is 2.06. The van der Waals surface area contributed by atoms with Crippen molar-refractivity contribution in [2.45, 2.75) is 0 Å². The predicted molar refractivity (Wildman–Crippen MR) is 56.0 cm³/mol. The van der Waals surface area contributed by atoms with Gasteiger partial charge in [0.05, 0.1) is 11.9 Å². The van der Waals surface area contributed by atoms with E-state index in [9.17, 15) is 13.2 Å². The van der Waals surface area contributed by atoms with Crippen molar-refractivity contribution in [1.29, 1.82) is 5.26 Å².